The molecule has 0 aliphatic carbocycles. The maximum Gasteiger partial charge on any atom is 0.160 e. The zero-order valence-electron chi connectivity index (χ0n) is 44.9. The van der Waals surface area contributed by atoms with Crippen LogP contribution in [0.15, 0.2) is 0 Å². The molecule has 8 rings (SSSR count). The predicted octanol–water partition coefficient (Wildman–Crippen LogP) is 21.2. The van der Waals surface area contributed by atoms with E-state index in [1.165, 1.54) is 238 Å². The first kappa shape index (κ1) is 54.6. The van der Waals surface area contributed by atoms with Crippen molar-refractivity contribution in [3.05, 3.63) is 20.9 Å². The number of hydrogen-bond donors (Lipinski definition) is 0. The third-order valence-corrected chi connectivity index (χ3v) is 22.1. The highest BCUT2D eigenvalue weighted by molar-refractivity contribution is 7.35. The van der Waals surface area contributed by atoms with Crippen LogP contribution in [-0.2, 0) is 25.9 Å². The first-order valence-corrected chi connectivity index (χ1v) is 32.8. The number of aromatic nitrogens is 4. The van der Waals surface area contributed by atoms with Crippen molar-refractivity contribution in [2.75, 3.05) is 0 Å². The molecule has 7 heterocycles. The van der Waals surface area contributed by atoms with Crippen LogP contribution in [-0.4, -0.2) is 30.5 Å². The van der Waals surface area contributed by atoms with Crippen LogP contribution in [0.2, 0.25) is 0 Å². The van der Waals surface area contributed by atoms with Gasteiger partial charge in [0.1, 0.15) is 11.0 Å². The molecule has 0 radical (unpaired) electrons. The highest BCUT2D eigenvalue weighted by Crippen LogP contribution is 2.55. The van der Waals surface area contributed by atoms with E-state index in [0.717, 1.165) is 59.6 Å². The van der Waals surface area contributed by atoms with Crippen molar-refractivity contribution >= 4 is 142 Å². The number of hydrogen-bond acceptors (Lipinski definition) is 9. The van der Waals surface area contributed by atoms with Crippen LogP contribution in [0, 0.1) is 23.7 Å². The van der Waals surface area contributed by atoms with Gasteiger partial charge < -0.3 is 9.13 Å². The van der Waals surface area contributed by atoms with E-state index in [9.17, 15) is 9.59 Å². The number of aldehydes is 2. The van der Waals surface area contributed by atoms with Crippen molar-refractivity contribution in [1.29, 1.82) is 0 Å². The molecule has 7 aromatic heterocycles. The lowest BCUT2D eigenvalue weighted by molar-refractivity contribution is 0.111. The average Bonchev–Trinajstić information content (AvgIpc) is 4.26. The van der Waals surface area contributed by atoms with E-state index in [1.807, 2.05) is 22.7 Å². The maximum atomic E-state index is 13.3. The molecule has 0 N–H and O–H groups in total. The van der Waals surface area contributed by atoms with E-state index in [2.05, 4.69) is 64.5 Å². The van der Waals surface area contributed by atoms with Crippen LogP contribution >= 0.6 is 57.1 Å². The van der Waals surface area contributed by atoms with Gasteiger partial charge in [-0.15, -0.1) is 45.3 Å². The van der Waals surface area contributed by atoms with E-state index in [-0.39, 0.29) is 0 Å². The minimum Gasteiger partial charge on any atom is -0.337 e. The van der Waals surface area contributed by atoms with Crippen LogP contribution < -0.4 is 0 Å². The molecule has 8 aromatic rings. The minimum absolute atomic E-state index is 0.524. The van der Waals surface area contributed by atoms with Gasteiger partial charge in [-0.3, -0.25) is 9.59 Å². The zero-order valence-corrected chi connectivity index (χ0v) is 49.0. The SMILES string of the molecule is CCCCCCC(CCCC)Cc1c(C=O)sc2c1sc1c3c4nsnc4c4c5sc6c(CC(CCCC)CCCCCC)c(C=O)sc6c5n(CC(CC)CCCC)c4c3n(CC(CC)CCCC)c21. The Kier molecular flexibility index (Phi) is 20.1. The normalized spacial score (nSPS) is 14.3. The van der Waals surface area contributed by atoms with Crippen LogP contribution in [0.5, 0.6) is 0 Å². The third-order valence-electron chi connectivity index (χ3n) is 16.5. The Morgan fingerprint density at radius 1 is 0.408 bits per heavy atom. The summed E-state index contributed by atoms with van der Waals surface area (Å²) in [5.41, 5.74) is 9.96. The van der Waals surface area contributed by atoms with E-state index in [0.29, 0.717) is 23.7 Å². The van der Waals surface area contributed by atoms with Gasteiger partial charge in [0.2, 0.25) is 0 Å². The molecular formula is C60H86N4O2S5. The summed E-state index contributed by atoms with van der Waals surface area (Å²) in [5.74, 6) is 2.23. The number of fused-ring (bicyclic) bond motifs is 14. The molecule has 4 atom stereocenters. The van der Waals surface area contributed by atoms with E-state index in [4.69, 9.17) is 8.75 Å². The fourth-order valence-corrected chi connectivity index (χ4v) is 18.4. The fourth-order valence-electron chi connectivity index (χ4n) is 12.2. The molecule has 0 amide bonds. The van der Waals surface area contributed by atoms with Gasteiger partial charge in [-0.2, -0.15) is 8.75 Å². The molecule has 388 valence electrons. The Morgan fingerprint density at radius 2 is 0.775 bits per heavy atom. The van der Waals surface area contributed by atoms with Crippen molar-refractivity contribution in [2.45, 2.75) is 235 Å². The van der Waals surface area contributed by atoms with Gasteiger partial charge in [0.05, 0.1) is 71.7 Å². The molecule has 0 saturated carbocycles. The van der Waals surface area contributed by atoms with Crippen molar-refractivity contribution < 1.29 is 9.59 Å². The van der Waals surface area contributed by atoms with Crippen molar-refractivity contribution in [3.8, 4) is 0 Å². The molecule has 0 saturated heterocycles. The molecular weight excluding hydrogens is 969 g/mol. The Hall–Kier alpha value is -2.70. The van der Waals surface area contributed by atoms with E-state index >= 15 is 0 Å². The van der Waals surface area contributed by atoms with Crippen molar-refractivity contribution in [3.63, 3.8) is 0 Å². The molecule has 0 fully saturated rings. The van der Waals surface area contributed by atoms with E-state index < -0.39 is 0 Å². The first-order chi connectivity index (χ1) is 34.8. The smallest absolute Gasteiger partial charge is 0.160 e. The second-order valence-electron chi connectivity index (χ2n) is 21.6. The summed E-state index contributed by atoms with van der Waals surface area (Å²) >= 11 is 8.80. The summed E-state index contributed by atoms with van der Waals surface area (Å²) in [7, 11) is 0. The van der Waals surface area contributed by atoms with Crippen LogP contribution in [0.4, 0.5) is 0 Å². The summed E-state index contributed by atoms with van der Waals surface area (Å²) in [6, 6.07) is 0. The lowest BCUT2D eigenvalue weighted by Crippen LogP contribution is -2.13. The number of rotatable bonds is 34. The predicted molar refractivity (Wildman–Crippen MR) is 318 cm³/mol. The largest absolute Gasteiger partial charge is 0.337 e. The minimum atomic E-state index is 0.524. The molecule has 6 nitrogen and oxygen atoms in total. The highest BCUT2D eigenvalue weighted by Gasteiger charge is 2.33. The zero-order chi connectivity index (χ0) is 50.0. The first-order valence-electron chi connectivity index (χ1n) is 28.8. The Bertz CT molecular complexity index is 2790. The Balaban J connectivity index is 1.43. The van der Waals surface area contributed by atoms with Crippen LogP contribution in [0.25, 0.3) is 72.1 Å². The monoisotopic (exact) mass is 1050 g/mol. The number of nitrogens with zero attached hydrogens (tertiary/aromatic N) is 4. The van der Waals surface area contributed by atoms with Gasteiger partial charge >= 0.3 is 0 Å². The number of benzene rings is 1. The number of unbranched alkanes of at least 4 members (excludes halogenated alkanes) is 10. The summed E-state index contributed by atoms with van der Waals surface area (Å²) in [6.45, 7) is 20.6. The summed E-state index contributed by atoms with van der Waals surface area (Å²) < 4.78 is 24.1. The van der Waals surface area contributed by atoms with Crippen LogP contribution in [0.3, 0.4) is 0 Å². The van der Waals surface area contributed by atoms with Crippen molar-refractivity contribution in [2.24, 2.45) is 23.7 Å². The second-order valence-corrected chi connectivity index (χ2v) is 26.3. The lowest BCUT2D eigenvalue weighted by Gasteiger charge is -2.20. The number of carbonyl (C=O) groups is 2. The third kappa shape index (κ3) is 11.3. The van der Waals surface area contributed by atoms with Crippen LogP contribution in [0.1, 0.15) is 240 Å². The van der Waals surface area contributed by atoms with E-state index in [1.54, 1.807) is 22.7 Å². The second kappa shape index (κ2) is 26.2. The summed E-state index contributed by atoms with van der Waals surface area (Å²) in [6.07, 6.45) is 33.9. The quantitative estimate of drug-likeness (QED) is 0.0298. The molecule has 0 aliphatic heterocycles. The molecule has 4 unspecified atom stereocenters. The van der Waals surface area contributed by atoms with Gasteiger partial charge in [-0.05, 0) is 60.5 Å². The van der Waals surface area contributed by atoms with Gasteiger partial charge in [0.15, 0.2) is 12.6 Å². The molecule has 0 spiro atoms. The van der Waals surface area contributed by atoms with Crippen molar-refractivity contribution in [1.82, 2.24) is 17.9 Å². The molecule has 71 heavy (non-hydrogen) atoms. The molecule has 1 aromatic carbocycles. The average molecular weight is 1060 g/mol. The van der Waals surface area contributed by atoms with Gasteiger partial charge in [-0.1, -0.05) is 197 Å². The van der Waals surface area contributed by atoms with Gasteiger partial charge in [0, 0.05) is 23.9 Å². The molecule has 11 heteroatoms. The molecule has 0 bridgehead atoms. The lowest BCUT2D eigenvalue weighted by atomic mass is 9.89. The Morgan fingerprint density at radius 3 is 1.13 bits per heavy atom. The number of carbonyl (C=O) groups excluding carboxylic acids is 2. The maximum absolute atomic E-state index is 13.3. The fraction of sp³-hybridized carbons (Fsp3) is 0.667. The summed E-state index contributed by atoms with van der Waals surface area (Å²) in [5, 5.41) is 2.53. The standard InChI is InChI=1S/C60H86N4O2S5/c1-9-17-23-25-31-41(29-21-13-5)33-43-45(37-65)67-59-53-57(69-55(43)59)47-49-50(62-71-61-49)48-52(51(47)63(53)35-39(15-7)27-19-11-3)64(36-40(16-8)28-20-12-4)54-58(48)70-56-44(46(38-66)68-60(54)56)34-42(30-22-14-6)32-26-24-18-10-2/h37-42H,9-36H2,1-8H3. The Labute approximate surface area is 446 Å². The van der Waals surface area contributed by atoms with Gasteiger partial charge in [0.25, 0.3) is 0 Å². The summed E-state index contributed by atoms with van der Waals surface area (Å²) in [4.78, 5) is 28.4. The topological polar surface area (TPSA) is 69.8 Å². The number of thiophene rings is 4. The van der Waals surface area contributed by atoms with Gasteiger partial charge in [-0.25, -0.2) is 0 Å². The molecule has 0 aliphatic rings. The highest BCUT2D eigenvalue weighted by atomic mass is 32.1.